The number of hydrogen-bond acceptors (Lipinski definition) is 5. The van der Waals surface area contributed by atoms with Crippen LogP contribution in [-0.2, 0) is 9.53 Å². The third kappa shape index (κ3) is 3.94. The normalized spacial score (nSPS) is 15.6. The van der Waals surface area contributed by atoms with Crippen LogP contribution in [0.25, 0.3) is 0 Å². The molecule has 0 atom stereocenters. The summed E-state index contributed by atoms with van der Waals surface area (Å²) in [6.07, 6.45) is 1.40. The number of anilines is 1. The van der Waals surface area contributed by atoms with Gasteiger partial charge in [-0.05, 0) is 18.9 Å². The minimum Gasteiger partial charge on any atom is -0.383 e. The van der Waals surface area contributed by atoms with Gasteiger partial charge in [-0.1, -0.05) is 12.1 Å². The van der Waals surface area contributed by atoms with Crippen molar-refractivity contribution in [3.63, 3.8) is 0 Å². The number of methoxy groups -OCH3 is 1. The fourth-order valence-electron chi connectivity index (χ4n) is 2.69. The summed E-state index contributed by atoms with van der Waals surface area (Å²) < 4.78 is 4.90. The highest BCUT2D eigenvalue weighted by molar-refractivity contribution is 5.79. The molecule has 2 rings (SSSR count). The van der Waals surface area contributed by atoms with E-state index in [-0.39, 0.29) is 22.4 Å². The molecule has 0 aromatic heterocycles. The number of nitrogens with one attached hydrogen (secondary N) is 1. The van der Waals surface area contributed by atoms with Crippen LogP contribution < -0.4 is 10.2 Å². The summed E-state index contributed by atoms with van der Waals surface area (Å²) in [6.45, 7) is 2.31. The van der Waals surface area contributed by atoms with Gasteiger partial charge in [-0.2, -0.15) is 0 Å². The Morgan fingerprint density at radius 3 is 2.73 bits per heavy atom. The molecule has 1 fully saturated rings. The van der Waals surface area contributed by atoms with E-state index >= 15 is 0 Å². The van der Waals surface area contributed by atoms with Crippen molar-refractivity contribution in [2.75, 3.05) is 38.3 Å². The summed E-state index contributed by atoms with van der Waals surface area (Å²) in [5.41, 5.74) is 0.747. The number of hydrogen-bond donors (Lipinski definition) is 1. The SMILES string of the molecule is COCCNC(=O)C1CCN(c2ccccc2[N+](=O)[O-])CC1. The predicted molar refractivity (Wildman–Crippen MR) is 82.9 cm³/mol. The van der Waals surface area contributed by atoms with Crippen LogP contribution in [0.1, 0.15) is 12.8 Å². The monoisotopic (exact) mass is 307 g/mol. The van der Waals surface area contributed by atoms with E-state index in [2.05, 4.69) is 5.32 Å². The van der Waals surface area contributed by atoms with Gasteiger partial charge in [0.2, 0.25) is 5.91 Å². The summed E-state index contributed by atoms with van der Waals surface area (Å²) in [5.74, 6) is 0.00939. The lowest BCUT2D eigenvalue weighted by Gasteiger charge is -2.32. The molecule has 1 aromatic rings. The van der Waals surface area contributed by atoms with Crippen molar-refractivity contribution in [3.8, 4) is 0 Å². The van der Waals surface area contributed by atoms with Gasteiger partial charge >= 0.3 is 0 Å². The molecular weight excluding hydrogens is 286 g/mol. The molecule has 0 unspecified atom stereocenters. The lowest BCUT2D eigenvalue weighted by Crippen LogP contribution is -2.41. The third-order valence-electron chi connectivity index (χ3n) is 3.89. The van der Waals surface area contributed by atoms with Crippen molar-refractivity contribution in [1.29, 1.82) is 0 Å². The van der Waals surface area contributed by atoms with Crippen LogP contribution in [0.2, 0.25) is 0 Å². The van der Waals surface area contributed by atoms with Gasteiger partial charge in [0, 0.05) is 38.7 Å². The molecule has 0 radical (unpaired) electrons. The number of carbonyl (C=O) groups is 1. The Kier molecular flexibility index (Phi) is 5.71. The number of rotatable bonds is 6. The van der Waals surface area contributed by atoms with Crippen molar-refractivity contribution < 1.29 is 14.5 Å². The van der Waals surface area contributed by atoms with Crippen LogP contribution >= 0.6 is 0 Å². The molecule has 22 heavy (non-hydrogen) atoms. The molecule has 0 saturated carbocycles. The van der Waals surface area contributed by atoms with Crippen LogP contribution in [0.15, 0.2) is 24.3 Å². The minimum atomic E-state index is -0.362. The van der Waals surface area contributed by atoms with E-state index < -0.39 is 0 Å². The standard InChI is InChI=1S/C15H21N3O4/c1-22-11-8-16-15(19)12-6-9-17(10-7-12)13-4-2-3-5-14(13)18(20)21/h2-5,12H,6-11H2,1H3,(H,16,19). The lowest BCUT2D eigenvalue weighted by atomic mass is 9.95. The van der Waals surface area contributed by atoms with E-state index in [0.717, 1.165) is 0 Å². The van der Waals surface area contributed by atoms with Crippen molar-refractivity contribution >= 4 is 17.3 Å². The van der Waals surface area contributed by atoms with Gasteiger partial charge in [-0.15, -0.1) is 0 Å². The minimum absolute atomic E-state index is 0.0316. The van der Waals surface area contributed by atoms with E-state index in [1.807, 2.05) is 4.90 Å². The number of para-hydroxylation sites is 2. The average Bonchev–Trinajstić information content (AvgIpc) is 2.55. The second-order valence-electron chi connectivity index (χ2n) is 5.29. The van der Waals surface area contributed by atoms with Crippen molar-refractivity contribution in [2.24, 2.45) is 5.92 Å². The molecule has 120 valence electrons. The zero-order valence-electron chi connectivity index (χ0n) is 12.7. The maximum Gasteiger partial charge on any atom is 0.292 e. The number of amides is 1. The molecule has 1 aromatic carbocycles. The number of piperidine rings is 1. The van der Waals surface area contributed by atoms with Crippen LogP contribution in [0.4, 0.5) is 11.4 Å². The maximum atomic E-state index is 12.0. The molecule has 0 aliphatic carbocycles. The van der Waals surface area contributed by atoms with E-state index in [9.17, 15) is 14.9 Å². The molecule has 1 amide bonds. The number of nitro groups is 1. The van der Waals surface area contributed by atoms with Crippen molar-refractivity contribution in [2.45, 2.75) is 12.8 Å². The fraction of sp³-hybridized carbons (Fsp3) is 0.533. The van der Waals surface area contributed by atoms with Gasteiger partial charge in [-0.3, -0.25) is 14.9 Å². The Labute approximate surface area is 129 Å². The average molecular weight is 307 g/mol. The molecule has 1 aliphatic rings. The number of nitrogens with zero attached hydrogens (tertiary/aromatic N) is 2. The van der Waals surface area contributed by atoms with Crippen LogP contribution in [0.5, 0.6) is 0 Å². The first-order valence-electron chi connectivity index (χ1n) is 7.38. The Bertz CT molecular complexity index is 527. The highest BCUT2D eigenvalue weighted by Gasteiger charge is 2.27. The van der Waals surface area contributed by atoms with E-state index in [4.69, 9.17) is 4.74 Å². The van der Waals surface area contributed by atoms with Crippen molar-refractivity contribution in [1.82, 2.24) is 5.32 Å². The second-order valence-corrected chi connectivity index (χ2v) is 5.29. The van der Waals surface area contributed by atoms with E-state index in [1.54, 1.807) is 25.3 Å². The Balaban J connectivity index is 1.92. The quantitative estimate of drug-likeness (QED) is 0.490. The molecule has 0 bridgehead atoms. The van der Waals surface area contributed by atoms with Gasteiger partial charge in [0.1, 0.15) is 5.69 Å². The van der Waals surface area contributed by atoms with Gasteiger partial charge < -0.3 is 15.0 Å². The van der Waals surface area contributed by atoms with Gasteiger partial charge in [0.15, 0.2) is 0 Å². The summed E-state index contributed by atoms with van der Waals surface area (Å²) in [7, 11) is 1.59. The van der Waals surface area contributed by atoms with E-state index in [1.165, 1.54) is 6.07 Å². The zero-order chi connectivity index (χ0) is 15.9. The van der Waals surface area contributed by atoms with Gasteiger partial charge in [0.05, 0.1) is 11.5 Å². The third-order valence-corrected chi connectivity index (χ3v) is 3.89. The fourth-order valence-corrected chi connectivity index (χ4v) is 2.69. The van der Waals surface area contributed by atoms with Gasteiger partial charge in [0.25, 0.3) is 5.69 Å². The summed E-state index contributed by atoms with van der Waals surface area (Å²) >= 11 is 0. The number of benzene rings is 1. The number of carbonyl (C=O) groups excluding carboxylic acids is 1. The number of nitro benzene ring substituents is 1. The van der Waals surface area contributed by atoms with Crippen molar-refractivity contribution in [3.05, 3.63) is 34.4 Å². The first kappa shape index (κ1) is 16.2. The van der Waals surface area contributed by atoms with E-state index in [0.29, 0.717) is 44.8 Å². The first-order chi connectivity index (χ1) is 10.6. The molecule has 7 heteroatoms. The molecule has 1 N–H and O–H groups in total. The summed E-state index contributed by atoms with van der Waals surface area (Å²) in [4.78, 5) is 24.7. The lowest BCUT2D eigenvalue weighted by molar-refractivity contribution is -0.384. The van der Waals surface area contributed by atoms with Crippen LogP contribution in [-0.4, -0.2) is 44.2 Å². The highest BCUT2D eigenvalue weighted by atomic mass is 16.6. The maximum absolute atomic E-state index is 12.0. The molecule has 1 aliphatic heterocycles. The second kappa shape index (κ2) is 7.74. The molecule has 1 heterocycles. The van der Waals surface area contributed by atoms with Crippen LogP contribution in [0, 0.1) is 16.0 Å². The number of ether oxygens (including phenoxy) is 1. The Morgan fingerprint density at radius 1 is 1.41 bits per heavy atom. The Morgan fingerprint density at radius 2 is 2.09 bits per heavy atom. The van der Waals surface area contributed by atoms with Gasteiger partial charge in [-0.25, -0.2) is 0 Å². The first-order valence-corrected chi connectivity index (χ1v) is 7.38. The Hall–Kier alpha value is -2.15. The highest BCUT2D eigenvalue weighted by Crippen LogP contribution is 2.31. The summed E-state index contributed by atoms with van der Waals surface area (Å²) in [5, 5.41) is 13.9. The molecule has 7 nitrogen and oxygen atoms in total. The summed E-state index contributed by atoms with van der Waals surface area (Å²) in [6, 6.07) is 6.74. The molecule has 1 saturated heterocycles. The van der Waals surface area contributed by atoms with Crippen LogP contribution in [0.3, 0.4) is 0 Å². The molecular formula is C15H21N3O4. The zero-order valence-corrected chi connectivity index (χ0v) is 12.7. The smallest absolute Gasteiger partial charge is 0.292 e. The topological polar surface area (TPSA) is 84.7 Å². The largest absolute Gasteiger partial charge is 0.383 e. The predicted octanol–water partition coefficient (Wildman–Crippen LogP) is 1.57. The molecule has 0 spiro atoms.